The molecule has 0 aliphatic rings. The lowest BCUT2D eigenvalue weighted by molar-refractivity contribution is 0.282. The number of aliphatic hydroxyl groups excluding tert-OH is 1. The maximum Gasteiger partial charge on any atom is 0.0703 e. The van der Waals surface area contributed by atoms with Crippen molar-refractivity contribution in [3.05, 3.63) is 59.4 Å². The van der Waals surface area contributed by atoms with Gasteiger partial charge in [-0.2, -0.15) is 0 Å². The van der Waals surface area contributed by atoms with E-state index in [2.05, 4.69) is 29.4 Å². The highest BCUT2D eigenvalue weighted by Crippen LogP contribution is 2.15. The van der Waals surface area contributed by atoms with Crippen LogP contribution in [0.5, 0.6) is 0 Å². The number of aryl methyl sites for hydroxylation is 1. The molecule has 3 nitrogen and oxygen atoms in total. The first-order valence-electron chi connectivity index (χ1n) is 5.63. The summed E-state index contributed by atoms with van der Waals surface area (Å²) in [5.41, 5.74) is 4.27. The molecular weight excluding hydrogens is 212 g/mol. The number of hydrogen-bond donors (Lipinski definition) is 2. The lowest BCUT2D eigenvalue weighted by Crippen LogP contribution is -2.04. The van der Waals surface area contributed by atoms with Gasteiger partial charge < -0.3 is 10.4 Å². The van der Waals surface area contributed by atoms with Crippen LogP contribution < -0.4 is 5.32 Å². The molecule has 3 heteroatoms. The summed E-state index contributed by atoms with van der Waals surface area (Å²) in [5.74, 6) is 0. The fourth-order valence-corrected chi connectivity index (χ4v) is 1.72. The van der Waals surface area contributed by atoms with Crippen molar-refractivity contribution in [2.24, 2.45) is 0 Å². The number of benzene rings is 1. The second kappa shape index (κ2) is 5.46. The first-order chi connectivity index (χ1) is 8.31. The van der Waals surface area contributed by atoms with Gasteiger partial charge in [0.15, 0.2) is 0 Å². The number of aliphatic hydroxyl groups is 1. The summed E-state index contributed by atoms with van der Waals surface area (Å²) < 4.78 is 0. The van der Waals surface area contributed by atoms with E-state index < -0.39 is 0 Å². The molecular formula is C14H16N2O. The third-order valence-electron chi connectivity index (χ3n) is 2.81. The Balaban J connectivity index is 2.10. The zero-order chi connectivity index (χ0) is 12.1. The lowest BCUT2D eigenvalue weighted by atomic mass is 10.1. The van der Waals surface area contributed by atoms with Gasteiger partial charge in [-0.3, -0.25) is 4.98 Å². The van der Waals surface area contributed by atoms with E-state index in [0.717, 1.165) is 17.8 Å². The van der Waals surface area contributed by atoms with E-state index in [-0.39, 0.29) is 6.61 Å². The largest absolute Gasteiger partial charge is 0.392 e. The van der Waals surface area contributed by atoms with E-state index in [1.807, 2.05) is 18.2 Å². The Morgan fingerprint density at radius 3 is 2.76 bits per heavy atom. The van der Waals surface area contributed by atoms with Gasteiger partial charge in [0.1, 0.15) is 0 Å². The van der Waals surface area contributed by atoms with Gasteiger partial charge in [-0.25, -0.2) is 0 Å². The third-order valence-corrected chi connectivity index (χ3v) is 2.81. The number of pyridine rings is 1. The normalized spacial score (nSPS) is 10.2. The molecule has 0 unspecified atom stereocenters. The van der Waals surface area contributed by atoms with E-state index >= 15 is 0 Å². The van der Waals surface area contributed by atoms with Crippen molar-refractivity contribution in [2.45, 2.75) is 20.1 Å². The minimum absolute atomic E-state index is 0.0264. The summed E-state index contributed by atoms with van der Waals surface area (Å²) in [6, 6.07) is 10.1. The van der Waals surface area contributed by atoms with Crippen molar-refractivity contribution in [1.82, 2.24) is 4.98 Å². The molecule has 0 fully saturated rings. The summed E-state index contributed by atoms with van der Waals surface area (Å²) in [7, 11) is 0. The standard InChI is InChI=1S/C14H16N2O/c1-11-4-2-3-5-12(11)8-16-14-9-15-7-6-13(14)10-17/h2-7,9,16-17H,8,10H2,1H3. The summed E-state index contributed by atoms with van der Waals surface area (Å²) >= 11 is 0. The molecule has 0 aliphatic carbocycles. The fourth-order valence-electron chi connectivity index (χ4n) is 1.72. The minimum atomic E-state index is 0.0264. The Morgan fingerprint density at radius 1 is 1.18 bits per heavy atom. The first kappa shape index (κ1) is 11.6. The fraction of sp³-hybridized carbons (Fsp3) is 0.214. The Bertz CT molecular complexity index is 497. The van der Waals surface area contributed by atoms with Gasteiger partial charge in [-0.05, 0) is 24.1 Å². The average Bonchev–Trinajstić information content (AvgIpc) is 2.38. The predicted molar refractivity (Wildman–Crippen MR) is 68.7 cm³/mol. The number of rotatable bonds is 4. The Hall–Kier alpha value is -1.87. The van der Waals surface area contributed by atoms with Gasteiger partial charge in [0, 0.05) is 18.3 Å². The van der Waals surface area contributed by atoms with Gasteiger partial charge in [0.25, 0.3) is 0 Å². The second-order valence-electron chi connectivity index (χ2n) is 3.97. The molecule has 1 aromatic carbocycles. The summed E-state index contributed by atoms with van der Waals surface area (Å²) in [4.78, 5) is 4.05. The van der Waals surface area contributed by atoms with Crippen molar-refractivity contribution in [2.75, 3.05) is 5.32 Å². The zero-order valence-corrected chi connectivity index (χ0v) is 9.85. The quantitative estimate of drug-likeness (QED) is 0.845. The molecule has 1 heterocycles. The van der Waals surface area contributed by atoms with Gasteiger partial charge in [-0.1, -0.05) is 24.3 Å². The third kappa shape index (κ3) is 2.82. The number of nitrogens with zero attached hydrogens (tertiary/aromatic N) is 1. The van der Waals surface area contributed by atoms with Gasteiger partial charge in [-0.15, -0.1) is 0 Å². The van der Waals surface area contributed by atoms with E-state index in [4.69, 9.17) is 0 Å². The number of nitrogens with one attached hydrogen (secondary N) is 1. The van der Waals surface area contributed by atoms with Gasteiger partial charge in [0.2, 0.25) is 0 Å². The highest BCUT2D eigenvalue weighted by atomic mass is 16.3. The van der Waals surface area contributed by atoms with Crippen LogP contribution in [0.1, 0.15) is 16.7 Å². The molecule has 1 aromatic heterocycles. The van der Waals surface area contributed by atoms with Crippen LogP contribution in [-0.2, 0) is 13.2 Å². The van der Waals surface area contributed by atoms with E-state index in [0.29, 0.717) is 0 Å². The highest BCUT2D eigenvalue weighted by molar-refractivity contribution is 5.49. The van der Waals surface area contributed by atoms with Crippen molar-refractivity contribution < 1.29 is 5.11 Å². The van der Waals surface area contributed by atoms with Crippen LogP contribution in [0.25, 0.3) is 0 Å². The minimum Gasteiger partial charge on any atom is -0.392 e. The van der Waals surface area contributed by atoms with Crippen molar-refractivity contribution >= 4 is 5.69 Å². The van der Waals surface area contributed by atoms with Crippen LogP contribution in [0.15, 0.2) is 42.7 Å². The van der Waals surface area contributed by atoms with Crippen LogP contribution in [0.3, 0.4) is 0 Å². The van der Waals surface area contributed by atoms with Crippen molar-refractivity contribution in [1.29, 1.82) is 0 Å². The molecule has 2 rings (SSSR count). The maximum absolute atomic E-state index is 9.20. The topological polar surface area (TPSA) is 45.2 Å². The van der Waals surface area contributed by atoms with Crippen LogP contribution in [0.4, 0.5) is 5.69 Å². The molecule has 0 bridgehead atoms. The Kier molecular flexibility index (Phi) is 3.73. The molecule has 2 aromatic rings. The molecule has 0 saturated carbocycles. The predicted octanol–water partition coefficient (Wildman–Crippen LogP) is 2.49. The highest BCUT2D eigenvalue weighted by Gasteiger charge is 2.01. The van der Waals surface area contributed by atoms with Crippen LogP contribution in [0, 0.1) is 6.92 Å². The lowest BCUT2D eigenvalue weighted by Gasteiger charge is -2.11. The van der Waals surface area contributed by atoms with E-state index in [1.54, 1.807) is 12.4 Å². The molecule has 0 aliphatic heterocycles. The van der Waals surface area contributed by atoms with Crippen molar-refractivity contribution in [3.8, 4) is 0 Å². The molecule has 17 heavy (non-hydrogen) atoms. The van der Waals surface area contributed by atoms with Crippen LogP contribution >= 0.6 is 0 Å². The SMILES string of the molecule is Cc1ccccc1CNc1cnccc1CO. The summed E-state index contributed by atoms with van der Waals surface area (Å²) in [6.07, 6.45) is 3.42. The molecule has 2 N–H and O–H groups in total. The maximum atomic E-state index is 9.20. The Morgan fingerprint density at radius 2 is 2.00 bits per heavy atom. The van der Waals surface area contributed by atoms with E-state index in [1.165, 1.54) is 11.1 Å². The van der Waals surface area contributed by atoms with Gasteiger partial charge in [0.05, 0.1) is 18.5 Å². The molecule has 0 saturated heterocycles. The smallest absolute Gasteiger partial charge is 0.0703 e. The summed E-state index contributed by atoms with van der Waals surface area (Å²) in [5, 5.41) is 12.5. The molecule has 88 valence electrons. The second-order valence-corrected chi connectivity index (χ2v) is 3.97. The number of anilines is 1. The van der Waals surface area contributed by atoms with Crippen molar-refractivity contribution in [3.63, 3.8) is 0 Å². The van der Waals surface area contributed by atoms with Gasteiger partial charge >= 0.3 is 0 Å². The van der Waals surface area contributed by atoms with Crippen LogP contribution in [-0.4, -0.2) is 10.1 Å². The van der Waals surface area contributed by atoms with E-state index in [9.17, 15) is 5.11 Å². The van der Waals surface area contributed by atoms with Crippen LogP contribution in [0.2, 0.25) is 0 Å². The summed E-state index contributed by atoms with van der Waals surface area (Å²) in [6.45, 7) is 2.86. The molecule has 0 spiro atoms. The molecule has 0 atom stereocenters. The number of hydrogen-bond acceptors (Lipinski definition) is 3. The Labute approximate surface area is 101 Å². The number of aromatic nitrogens is 1. The monoisotopic (exact) mass is 228 g/mol. The first-order valence-corrected chi connectivity index (χ1v) is 5.63. The molecule has 0 amide bonds. The average molecular weight is 228 g/mol. The zero-order valence-electron chi connectivity index (χ0n) is 9.85. The molecule has 0 radical (unpaired) electrons.